The number of hydrogen-bond donors (Lipinski definition) is 1. The van der Waals surface area contributed by atoms with Crippen molar-refractivity contribution in [1.82, 2.24) is 25.5 Å². The van der Waals surface area contributed by atoms with Gasteiger partial charge in [-0.3, -0.25) is 0 Å². The molecule has 0 bridgehead atoms. The number of aromatic nitrogens is 4. The monoisotopic (exact) mass is 321 g/mol. The molecule has 1 N–H and O–H groups in total. The lowest BCUT2D eigenvalue weighted by Gasteiger charge is -2.28. The normalized spacial score (nSPS) is 13.6. The lowest BCUT2D eigenvalue weighted by Crippen LogP contribution is -2.41. The van der Waals surface area contributed by atoms with Crippen LogP contribution < -0.4 is 5.32 Å². The van der Waals surface area contributed by atoms with Crippen molar-refractivity contribution < 1.29 is 0 Å². The maximum Gasteiger partial charge on any atom is 0.176 e. The van der Waals surface area contributed by atoms with Gasteiger partial charge in [-0.1, -0.05) is 55.5 Å². The minimum atomic E-state index is -0.318. The number of tetrazole rings is 1. The van der Waals surface area contributed by atoms with Crippen LogP contribution in [0.2, 0.25) is 0 Å². The minimum absolute atomic E-state index is 0.318. The highest BCUT2D eigenvalue weighted by Gasteiger charge is 2.31. The van der Waals surface area contributed by atoms with Crippen LogP contribution in [-0.2, 0) is 12.1 Å². The fourth-order valence-electron chi connectivity index (χ4n) is 2.75. The van der Waals surface area contributed by atoms with Gasteiger partial charge in [0.25, 0.3) is 0 Å². The van der Waals surface area contributed by atoms with Crippen molar-refractivity contribution in [2.75, 3.05) is 0 Å². The summed E-state index contributed by atoms with van der Waals surface area (Å²) < 4.78 is 1.84. The third-order valence-electron chi connectivity index (χ3n) is 4.54. The van der Waals surface area contributed by atoms with Crippen molar-refractivity contribution >= 4 is 0 Å². The molecule has 3 aromatic rings. The van der Waals surface area contributed by atoms with E-state index in [2.05, 4.69) is 71.9 Å². The summed E-state index contributed by atoms with van der Waals surface area (Å²) in [6, 6.07) is 18.5. The van der Waals surface area contributed by atoms with Crippen molar-refractivity contribution in [3.8, 4) is 5.69 Å². The lowest BCUT2D eigenvalue weighted by molar-refractivity contribution is 0.324. The molecule has 5 heteroatoms. The predicted octanol–water partition coefficient (Wildman–Crippen LogP) is 3.39. The molecule has 0 aliphatic carbocycles. The second-order valence-corrected chi connectivity index (χ2v) is 6.23. The summed E-state index contributed by atoms with van der Waals surface area (Å²) in [6.07, 6.45) is 0.881. The Morgan fingerprint density at radius 2 is 1.75 bits per heavy atom. The summed E-state index contributed by atoms with van der Waals surface area (Å²) >= 11 is 0. The van der Waals surface area contributed by atoms with Crippen molar-refractivity contribution in [1.29, 1.82) is 0 Å². The van der Waals surface area contributed by atoms with E-state index in [1.54, 1.807) is 0 Å². The molecule has 0 aliphatic rings. The summed E-state index contributed by atoms with van der Waals surface area (Å²) in [6.45, 7) is 7.14. The quantitative estimate of drug-likeness (QED) is 0.756. The van der Waals surface area contributed by atoms with Crippen LogP contribution in [0, 0.1) is 6.92 Å². The van der Waals surface area contributed by atoms with Crippen LogP contribution >= 0.6 is 0 Å². The van der Waals surface area contributed by atoms with Crippen LogP contribution in [0.3, 0.4) is 0 Å². The molecular formula is C19H23N5. The fraction of sp³-hybridized carbons (Fsp3) is 0.316. The van der Waals surface area contributed by atoms with E-state index in [0.29, 0.717) is 0 Å². The van der Waals surface area contributed by atoms with E-state index < -0.39 is 0 Å². The van der Waals surface area contributed by atoms with Crippen molar-refractivity contribution in [2.24, 2.45) is 0 Å². The number of nitrogens with zero attached hydrogens (tertiary/aromatic N) is 4. The number of nitrogens with one attached hydrogen (secondary N) is 1. The molecule has 1 heterocycles. The van der Waals surface area contributed by atoms with E-state index in [0.717, 1.165) is 30.0 Å². The number of aryl methyl sites for hydroxylation is 1. The summed E-state index contributed by atoms with van der Waals surface area (Å²) in [5, 5.41) is 16.1. The van der Waals surface area contributed by atoms with Gasteiger partial charge in [-0.15, -0.1) is 5.10 Å². The molecule has 1 unspecified atom stereocenters. The molecule has 3 rings (SSSR count). The number of benzene rings is 2. The maximum atomic E-state index is 4.33. The summed E-state index contributed by atoms with van der Waals surface area (Å²) in [4.78, 5) is 0. The van der Waals surface area contributed by atoms with Crippen LogP contribution in [0.4, 0.5) is 0 Å². The molecule has 24 heavy (non-hydrogen) atoms. The molecule has 0 spiro atoms. The van der Waals surface area contributed by atoms with Gasteiger partial charge in [-0.2, -0.15) is 4.68 Å². The van der Waals surface area contributed by atoms with Crippen LogP contribution in [-0.4, -0.2) is 20.2 Å². The summed E-state index contributed by atoms with van der Waals surface area (Å²) in [5.41, 5.74) is 3.08. The van der Waals surface area contributed by atoms with Crippen LogP contribution in [0.15, 0.2) is 54.6 Å². The van der Waals surface area contributed by atoms with Crippen molar-refractivity contribution in [3.05, 3.63) is 71.5 Å². The Labute approximate surface area is 142 Å². The van der Waals surface area contributed by atoms with Crippen molar-refractivity contribution in [3.63, 3.8) is 0 Å². The van der Waals surface area contributed by atoms with Gasteiger partial charge in [0, 0.05) is 6.54 Å². The van der Waals surface area contributed by atoms with Crippen LogP contribution in [0.1, 0.15) is 37.2 Å². The predicted molar refractivity (Wildman–Crippen MR) is 94.8 cm³/mol. The first kappa shape index (κ1) is 16.3. The van der Waals surface area contributed by atoms with Crippen LogP contribution in [0.25, 0.3) is 5.69 Å². The summed E-state index contributed by atoms with van der Waals surface area (Å²) in [5.74, 6) is 0.829. The van der Waals surface area contributed by atoms with E-state index >= 15 is 0 Å². The average molecular weight is 321 g/mol. The molecule has 1 aromatic heterocycles. The van der Waals surface area contributed by atoms with E-state index in [-0.39, 0.29) is 5.54 Å². The molecule has 1 atom stereocenters. The highest BCUT2D eigenvalue weighted by atomic mass is 15.6. The van der Waals surface area contributed by atoms with E-state index in [1.807, 2.05) is 28.9 Å². The molecule has 0 saturated carbocycles. The Hall–Kier alpha value is -2.53. The standard InChI is InChI=1S/C19H23N5/c1-4-19(3,20-14-16-11-6-5-7-12-16)18-21-22-23-24(18)17-13-9-8-10-15(17)2/h5-13,20H,4,14H2,1-3H3. The first-order valence-electron chi connectivity index (χ1n) is 8.28. The Morgan fingerprint density at radius 3 is 2.46 bits per heavy atom. The molecule has 0 fully saturated rings. The molecule has 5 nitrogen and oxygen atoms in total. The minimum Gasteiger partial charge on any atom is -0.301 e. The number of hydrogen-bond acceptors (Lipinski definition) is 4. The van der Waals surface area contributed by atoms with Gasteiger partial charge in [0.1, 0.15) is 0 Å². The van der Waals surface area contributed by atoms with Gasteiger partial charge >= 0.3 is 0 Å². The largest absolute Gasteiger partial charge is 0.301 e. The Bertz CT molecular complexity index is 796. The average Bonchev–Trinajstić information content (AvgIpc) is 3.11. The highest BCUT2D eigenvalue weighted by molar-refractivity contribution is 5.40. The zero-order valence-electron chi connectivity index (χ0n) is 14.4. The van der Waals surface area contributed by atoms with E-state index in [4.69, 9.17) is 0 Å². The van der Waals surface area contributed by atoms with Gasteiger partial charge < -0.3 is 5.32 Å². The Balaban J connectivity index is 1.91. The van der Waals surface area contributed by atoms with Gasteiger partial charge in [-0.25, -0.2) is 0 Å². The van der Waals surface area contributed by atoms with Gasteiger partial charge in [-0.05, 0) is 47.9 Å². The van der Waals surface area contributed by atoms with E-state index in [9.17, 15) is 0 Å². The number of para-hydroxylation sites is 1. The first-order valence-corrected chi connectivity index (χ1v) is 8.28. The first-order chi connectivity index (χ1) is 11.6. The molecule has 0 amide bonds. The molecule has 0 saturated heterocycles. The number of rotatable bonds is 6. The third kappa shape index (κ3) is 3.21. The second-order valence-electron chi connectivity index (χ2n) is 6.23. The SMILES string of the molecule is CCC(C)(NCc1ccccc1)c1nnnn1-c1ccccc1C. The summed E-state index contributed by atoms with van der Waals surface area (Å²) in [7, 11) is 0. The lowest BCUT2D eigenvalue weighted by atomic mass is 9.96. The molecular weight excluding hydrogens is 298 g/mol. The maximum absolute atomic E-state index is 4.33. The molecule has 0 radical (unpaired) electrons. The second kappa shape index (κ2) is 6.93. The molecule has 2 aromatic carbocycles. The van der Waals surface area contributed by atoms with Gasteiger partial charge in [0.2, 0.25) is 0 Å². The zero-order chi connectivity index (χ0) is 17.0. The Kier molecular flexibility index (Phi) is 4.71. The van der Waals surface area contributed by atoms with Gasteiger partial charge in [0.05, 0.1) is 11.2 Å². The smallest absolute Gasteiger partial charge is 0.176 e. The highest BCUT2D eigenvalue weighted by Crippen LogP contribution is 2.25. The zero-order valence-corrected chi connectivity index (χ0v) is 14.4. The van der Waals surface area contributed by atoms with E-state index in [1.165, 1.54) is 5.56 Å². The Morgan fingerprint density at radius 1 is 1.04 bits per heavy atom. The molecule has 0 aliphatic heterocycles. The van der Waals surface area contributed by atoms with Gasteiger partial charge in [0.15, 0.2) is 5.82 Å². The molecule has 124 valence electrons. The third-order valence-corrected chi connectivity index (χ3v) is 4.54. The van der Waals surface area contributed by atoms with Crippen molar-refractivity contribution in [2.45, 2.75) is 39.3 Å². The van der Waals surface area contributed by atoms with Crippen LogP contribution in [0.5, 0.6) is 0 Å². The fourth-order valence-corrected chi connectivity index (χ4v) is 2.75. The topological polar surface area (TPSA) is 55.6 Å².